The highest BCUT2D eigenvalue weighted by Crippen LogP contribution is 2.26. The summed E-state index contributed by atoms with van der Waals surface area (Å²) in [5.41, 5.74) is 1.63. The Balaban J connectivity index is 2.36. The van der Waals surface area contributed by atoms with Crippen LogP contribution in [0.15, 0.2) is 28.1 Å². The molecule has 0 spiro atoms. The highest BCUT2D eigenvalue weighted by atomic mass is 32.2. The molecule has 20 heavy (non-hydrogen) atoms. The van der Waals surface area contributed by atoms with Crippen LogP contribution in [-0.2, 0) is 16.4 Å². The van der Waals surface area contributed by atoms with Gasteiger partial charge in [0.05, 0.1) is 5.69 Å². The lowest BCUT2D eigenvalue weighted by atomic mass is 10.1. The molecule has 5 nitrogen and oxygen atoms in total. The second-order valence-electron chi connectivity index (χ2n) is 5.24. The molecule has 0 radical (unpaired) electrons. The number of rotatable bonds is 4. The number of nitrogens with zero attached hydrogens (tertiary/aromatic N) is 1. The van der Waals surface area contributed by atoms with E-state index in [0.29, 0.717) is 10.6 Å². The molecule has 0 amide bonds. The van der Waals surface area contributed by atoms with Crippen molar-refractivity contribution in [3.8, 4) is 0 Å². The van der Waals surface area contributed by atoms with Gasteiger partial charge in [-0.15, -0.1) is 0 Å². The molecule has 1 aliphatic rings. The Kier molecular flexibility index (Phi) is 4.32. The number of unbranched alkanes of at least 4 members (excludes halogenated alkanes) is 1. The summed E-state index contributed by atoms with van der Waals surface area (Å²) in [7, 11) is -3.53. The Morgan fingerprint density at radius 2 is 2.05 bits per heavy atom. The van der Waals surface area contributed by atoms with E-state index >= 15 is 0 Å². The van der Waals surface area contributed by atoms with E-state index in [1.807, 2.05) is 26.0 Å². The van der Waals surface area contributed by atoms with Crippen LogP contribution in [0.4, 0.5) is 5.69 Å². The number of guanidine groups is 1. The molecule has 2 N–H and O–H groups in total. The van der Waals surface area contributed by atoms with Crippen molar-refractivity contribution in [2.75, 3.05) is 5.32 Å². The zero-order chi connectivity index (χ0) is 14.8. The van der Waals surface area contributed by atoms with Crippen LogP contribution in [0.3, 0.4) is 0 Å². The molecule has 0 bridgehead atoms. The molecule has 0 fully saturated rings. The van der Waals surface area contributed by atoms with Crippen LogP contribution >= 0.6 is 0 Å². The van der Waals surface area contributed by atoms with Gasteiger partial charge in [0.2, 0.25) is 5.96 Å². The van der Waals surface area contributed by atoms with E-state index in [-0.39, 0.29) is 12.0 Å². The van der Waals surface area contributed by atoms with E-state index in [9.17, 15) is 8.42 Å². The van der Waals surface area contributed by atoms with Gasteiger partial charge in [-0.2, -0.15) is 0 Å². The third-order valence-corrected chi connectivity index (χ3v) is 4.40. The lowest BCUT2D eigenvalue weighted by Gasteiger charge is -2.22. The third-order valence-electron chi connectivity index (χ3n) is 3.03. The molecule has 1 aliphatic heterocycles. The lowest BCUT2D eigenvalue weighted by Crippen LogP contribution is -2.41. The molecule has 110 valence electrons. The van der Waals surface area contributed by atoms with Gasteiger partial charge in [0.15, 0.2) is 0 Å². The smallest absolute Gasteiger partial charge is 0.266 e. The largest absolute Gasteiger partial charge is 0.324 e. The van der Waals surface area contributed by atoms with Gasteiger partial charge < -0.3 is 5.32 Å². The first-order valence-corrected chi connectivity index (χ1v) is 8.41. The van der Waals surface area contributed by atoms with E-state index in [1.54, 1.807) is 6.07 Å². The Morgan fingerprint density at radius 3 is 2.70 bits per heavy atom. The maximum Gasteiger partial charge on any atom is 0.266 e. The first kappa shape index (κ1) is 14.8. The average molecular weight is 295 g/mol. The van der Waals surface area contributed by atoms with E-state index in [2.05, 4.69) is 22.0 Å². The summed E-state index contributed by atoms with van der Waals surface area (Å²) in [6, 6.07) is 5.54. The van der Waals surface area contributed by atoms with Crippen LogP contribution < -0.4 is 10.0 Å². The van der Waals surface area contributed by atoms with Crippen molar-refractivity contribution >= 4 is 21.7 Å². The number of fused-ring (bicyclic) bond motifs is 1. The van der Waals surface area contributed by atoms with Gasteiger partial charge in [0.25, 0.3) is 10.0 Å². The fourth-order valence-electron chi connectivity index (χ4n) is 2.08. The standard InChI is InChI=1S/C14H21N3O2S/c1-4-5-6-11-7-8-12-13(9-11)20(18,19)17-14(16-12)15-10(2)3/h7-10H,4-6H2,1-3H3,(H2,15,16,17). The second-order valence-corrected chi connectivity index (χ2v) is 6.89. The van der Waals surface area contributed by atoms with Gasteiger partial charge in [0, 0.05) is 6.04 Å². The molecular weight excluding hydrogens is 274 g/mol. The van der Waals surface area contributed by atoms with Crippen molar-refractivity contribution in [3.63, 3.8) is 0 Å². The molecule has 0 saturated heterocycles. The summed E-state index contributed by atoms with van der Waals surface area (Å²) in [5, 5.41) is 3.03. The number of hydrogen-bond acceptors (Lipinski definition) is 3. The van der Waals surface area contributed by atoms with Crippen LogP contribution in [-0.4, -0.2) is 20.4 Å². The average Bonchev–Trinajstić information content (AvgIpc) is 2.35. The van der Waals surface area contributed by atoms with Gasteiger partial charge in [-0.3, -0.25) is 0 Å². The van der Waals surface area contributed by atoms with Gasteiger partial charge >= 0.3 is 0 Å². The predicted molar refractivity (Wildman–Crippen MR) is 81.6 cm³/mol. The van der Waals surface area contributed by atoms with Crippen molar-refractivity contribution in [1.29, 1.82) is 0 Å². The maximum absolute atomic E-state index is 12.3. The van der Waals surface area contributed by atoms with Crippen molar-refractivity contribution in [1.82, 2.24) is 4.72 Å². The number of aliphatic imine (C=N–C) groups is 1. The van der Waals surface area contributed by atoms with Gasteiger partial charge in [-0.05, 0) is 44.4 Å². The van der Waals surface area contributed by atoms with E-state index in [1.165, 1.54) is 0 Å². The van der Waals surface area contributed by atoms with Gasteiger partial charge in [-0.1, -0.05) is 19.4 Å². The first-order valence-electron chi connectivity index (χ1n) is 6.93. The highest BCUT2D eigenvalue weighted by molar-refractivity contribution is 7.90. The minimum absolute atomic E-state index is 0.0191. The second kappa shape index (κ2) is 5.83. The molecule has 6 heteroatoms. The van der Waals surface area contributed by atoms with E-state index < -0.39 is 10.0 Å². The molecular formula is C14H21N3O2S. The van der Waals surface area contributed by atoms with E-state index in [4.69, 9.17) is 0 Å². The van der Waals surface area contributed by atoms with Crippen molar-refractivity contribution in [2.45, 2.75) is 51.0 Å². The Morgan fingerprint density at radius 1 is 1.30 bits per heavy atom. The van der Waals surface area contributed by atoms with E-state index in [0.717, 1.165) is 24.8 Å². The summed E-state index contributed by atoms with van der Waals surface area (Å²) in [5.74, 6) is 0.286. The van der Waals surface area contributed by atoms with Crippen molar-refractivity contribution in [2.24, 2.45) is 4.99 Å². The zero-order valence-corrected chi connectivity index (χ0v) is 12.9. The topological polar surface area (TPSA) is 70.6 Å². The monoisotopic (exact) mass is 295 g/mol. The van der Waals surface area contributed by atoms with Crippen LogP contribution in [0.1, 0.15) is 39.2 Å². The molecule has 2 rings (SSSR count). The van der Waals surface area contributed by atoms with Crippen LogP contribution in [0.2, 0.25) is 0 Å². The summed E-state index contributed by atoms with van der Waals surface area (Å²) in [6.45, 7) is 5.91. The zero-order valence-electron chi connectivity index (χ0n) is 12.1. The summed E-state index contributed by atoms with van der Waals surface area (Å²) in [4.78, 5) is 4.52. The number of aryl methyl sites for hydroxylation is 1. The molecule has 1 aromatic carbocycles. The highest BCUT2D eigenvalue weighted by Gasteiger charge is 2.26. The number of sulfonamides is 1. The van der Waals surface area contributed by atoms with Crippen LogP contribution in [0.25, 0.3) is 0 Å². The molecule has 0 aromatic heterocycles. The predicted octanol–water partition coefficient (Wildman–Crippen LogP) is 2.50. The molecule has 1 heterocycles. The number of hydrogen-bond donors (Lipinski definition) is 2. The van der Waals surface area contributed by atoms with Crippen molar-refractivity contribution < 1.29 is 8.42 Å². The Hall–Kier alpha value is -1.56. The van der Waals surface area contributed by atoms with Crippen LogP contribution in [0.5, 0.6) is 0 Å². The number of benzene rings is 1. The molecule has 0 saturated carbocycles. The maximum atomic E-state index is 12.3. The van der Waals surface area contributed by atoms with Gasteiger partial charge in [0.1, 0.15) is 4.90 Å². The fourth-order valence-corrected chi connectivity index (χ4v) is 3.26. The van der Waals surface area contributed by atoms with Crippen LogP contribution in [0, 0.1) is 0 Å². The summed E-state index contributed by atoms with van der Waals surface area (Å²) < 4.78 is 27.0. The molecule has 1 aromatic rings. The number of nitrogens with one attached hydrogen (secondary N) is 2. The quantitative estimate of drug-likeness (QED) is 0.896. The SMILES string of the molecule is CCCCc1ccc2c(c1)S(=O)(=O)NC(=NC(C)C)N2. The minimum atomic E-state index is -3.53. The molecule has 0 atom stereocenters. The lowest BCUT2D eigenvalue weighted by molar-refractivity contribution is 0.591. The normalized spacial score (nSPS) is 18.5. The summed E-state index contributed by atoms with van der Waals surface area (Å²) >= 11 is 0. The van der Waals surface area contributed by atoms with Crippen molar-refractivity contribution in [3.05, 3.63) is 23.8 Å². The Labute approximate surface area is 120 Å². The first-order chi connectivity index (χ1) is 9.42. The van der Waals surface area contributed by atoms with Gasteiger partial charge in [-0.25, -0.2) is 18.1 Å². The number of anilines is 1. The summed E-state index contributed by atoms with van der Waals surface area (Å²) in [6.07, 6.45) is 3.04. The Bertz CT molecular complexity index is 621. The molecule has 0 aliphatic carbocycles. The molecule has 0 unspecified atom stereocenters. The minimum Gasteiger partial charge on any atom is -0.324 e. The fraction of sp³-hybridized carbons (Fsp3) is 0.500. The third kappa shape index (κ3) is 3.30.